The minimum Gasteiger partial charge on any atom is -0.478 e. The molecule has 0 spiro atoms. The molecular weight excluding hydrogens is 276 g/mol. The van der Waals surface area contributed by atoms with Crippen LogP contribution in [-0.4, -0.2) is 45.4 Å². The monoisotopic (exact) mass is 294 g/mol. The summed E-state index contributed by atoms with van der Waals surface area (Å²) in [7, 11) is 1.79. The Balaban J connectivity index is 0.000000240. The number of aliphatic hydroxyl groups is 1. The van der Waals surface area contributed by atoms with Crippen molar-refractivity contribution in [1.29, 1.82) is 0 Å². The zero-order chi connectivity index (χ0) is 16.0. The van der Waals surface area contributed by atoms with Gasteiger partial charge in [0.1, 0.15) is 0 Å². The number of rotatable bonds is 3. The van der Waals surface area contributed by atoms with Crippen molar-refractivity contribution in [1.82, 2.24) is 5.01 Å². The number of hydrazine groups is 1. The number of fused-ring (bicyclic) bond motifs is 1. The van der Waals surface area contributed by atoms with Crippen molar-refractivity contribution in [2.24, 2.45) is 5.84 Å². The summed E-state index contributed by atoms with van der Waals surface area (Å²) in [5.74, 6) is 3.13. The molecule has 0 fully saturated rings. The van der Waals surface area contributed by atoms with E-state index >= 15 is 0 Å². The molecule has 0 aliphatic heterocycles. The van der Waals surface area contributed by atoms with Crippen LogP contribution in [0.2, 0.25) is 0 Å². The van der Waals surface area contributed by atoms with E-state index in [9.17, 15) is 14.7 Å². The molecular formula is C14H18N2O5. The fourth-order valence-electron chi connectivity index (χ4n) is 2.06. The Bertz CT molecular complexity index is 526. The number of carbonyl (C=O) groups is 2. The number of nitrogens with zero attached hydrogens (tertiary/aromatic N) is 1. The van der Waals surface area contributed by atoms with Gasteiger partial charge < -0.3 is 15.3 Å². The van der Waals surface area contributed by atoms with E-state index in [1.54, 1.807) is 12.1 Å². The quantitative estimate of drug-likeness (QED) is 0.355. The summed E-state index contributed by atoms with van der Waals surface area (Å²) in [5.41, 5.74) is 2.22. The van der Waals surface area contributed by atoms with E-state index in [1.807, 2.05) is 24.3 Å². The molecule has 114 valence electrons. The lowest BCUT2D eigenvalue weighted by Gasteiger charge is -2.21. The summed E-state index contributed by atoms with van der Waals surface area (Å²) < 4.78 is 0. The second-order valence-corrected chi connectivity index (χ2v) is 4.59. The molecule has 0 unspecified atom stereocenters. The third-order valence-corrected chi connectivity index (χ3v) is 3.06. The van der Waals surface area contributed by atoms with Gasteiger partial charge in [0, 0.05) is 19.2 Å². The lowest BCUT2D eigenvalue weighted by atomic mass is 10.1. The van der Waals surface area contributed by atoms with Gasteiger partial charge in [-0.2, -0.15) is 0 Å². The maximum Gasteiger partial charge on any atom is 0.328 e. The molecule has 7 heteroatoms. The molecule has 2 atom stereocenters. The van der Waals surface area contributed by atoms with Crippen LogP contribution in [0.4, 0.5) is 0 Å². The molecule has 0 aromatic heterocycles. The molecule has 0 amide bonds. The first-order chi connectivity index (χ1) is 9.82. The summed E-state index contributed by atoms with van der Waals surface area (Å²) in [5, 5.41) is 27.1. The lowest BCUT2D eigenvalue weighted by molar-refractivity contribution is -0.134. The van der Waals surface area contributed by atoms with E-state index in [0.717, 1.165) is 12.0 Å². The van der Waals surface area contributed by atoms with Crippen LogP contribution in [0.1, 0.15) is 17.2 Å². The predicted octanol–water partition coefficient (Wildman–Crippen LogP) is 0.162. The van der Waals surface area contributed by atoms with E-state index < -0.39 is 18.0 Å². The van der Waals surface area contributed by atoms with Crippen molar-refractivity contribution in [2.75, 3.05) is 7.05 Å². The second-order valence-electron chi connectivity index (χ2n) is 4.59. The molecule has 0 saturated carbocycles. The van der Waals surface area contributed by atoms with Gasteiger partial charge >= 0.3 is 11.9 Å². The van der Waals surface area contributed by atoms with Crippen LogP contribution in [-0.2, 0) is 16.0 Å². The Morgan fingerprint density at radius 1 is 1.24 bits per heavy atom. The van der Waals surface area contributed by atoms with Gasteiger partial charge in [-0.25, -0.2) is 14.6 Å². The van der Waals surface area contributed by atoms with Crippen LogP contribution in [0, 0.1) is 0 Å². The van der Waals surface area contributed by atoms with Crippen LogP contribution >= 0.6 is 0 Å². The van der Waals surface area contributed by atoms with E-state index in [0.29, 0.717) is 12.2 Å². The fraction of sp³-hybridized carbons (Fsp3) is 0.286. The number of likely N-dealkylation sites (N-methyl/N-ethyl adjacent to an activating group) is 1. The van der Waals surface area contributed by atoms with E-state index in [4.69, 9.17) is 16.1 Å². The molecule has 1 aromatic rings. The van der Waals surface area contributed by atoms with Crippen molar-refractivity contribution >= 4 is 11.9 Å². The minimum atomic E-state index is -1.26. The number of nitrogens with two attached hydrogens (primary N) is 1. The van der Waals surface area contributed by atoms with Crippen LogP contribution in [0.5, 0.6) is 0 Å². The molecule has 0 bridgehead atoms. The van der Waals surface area contributed by atoms with Gasteiger partial charge in [-0.15, -0.1) is 0 Å². The number of aliphatic hydroxyl groups excluding tert-OH is 1. The normalized spacial score (nSPS) is 20.0. The van der Waals surface area contributed by atoms with Gasteiger partial charge in [0.15, 0.2) is 0 Å². The smallest absolute Gasteiger partial charge is 0.328 e. The van der Waals surface area contributed by atoms with Gasteiger partial charge in [-0.3, -0.25) is 5.84 Å². The summed E-state index contributed by atoms with van der Waals surface area (Å²) in [4.78, 5) is 19.1. The Morgan fingerprint density at radius 3 is 2.19 bits per heavy atom. The first-order valence-corrected chi connectivity index (χ1v) is 6.20. The lowest BCUT2D eigenvalue weighted by Crippen LogP contribution is -2.40. The first-order valence-electron chi connectivity index (χ1n) is 6.20. The average Bonchev–Trinajstić information content (AvgIpc) is 2.75. The molecule has 1 aliphatic carbocycles. The molecule has 1 aromatic carbocycles. The number of hydrogen-bond acceptors (Lipinski definition) is 5. The highest BCUT2D eigenvalue weighted by atomic mass is 16.4. The predicted molar refractivity (Wildman–Crippen MR) is 75.3 cm³/mol. The standard InChI is InChI=1S/C10H14N2O.C4H4O4/c1-12(11)9-6-7-4-2-3-5-8(7)10(9)13;5-3(6)1-2-4(7)8/h2-5,9-10,13H,6,11H2,1H3;1-2H,(H,5,6)(H,7,8)/b;2-1+/t9-,10-;/m1./s1. The van der Waals surface area contributed by atoms with Gasteiger partial charge in [-0.1, -0.05) is 24.3 Å². The molecule has 2 rings (SSSR count). The summed E-state index contributed by atoms with van der Waals surface area (Å²) in [6, 6.07) is 7.97. The summed E-state index contributed by atoms with van der Waals surface area (Å²) in [6.07, 6.45) is 1.51. The van der Waals surface area contributed by atoms with Crippen LogP contribution in [0.3, 0.4) is 0 Å². The Morgan fingerprint density at radius 2 is 1.76 bits per heavy atom. The third-order valence-electron chi connectivity index (χ3n) is 3.06. The largest absolute Gasteiger partial charge is 0.478 e. The number of carboxylic acids is 2. The number of benzene rings is 1. The maximum absolute atomic E-state index is 9.89. The highest BCUT2D eigenvalue weighted by Gasteiger charge is 2.32. The second kappa shape index (κ2) is 7.53. The van der Waals surface area contributed by atoms with Crippen molar-refractivity contribution < 1.29 is 24.9 Å². The highest BCUT2D eigenvalue weighted by Crippen LogP contribution is 2.32. The van der Waals surface area contributed by atoms with Gasteiger partial charge in [0.25, 0.3) is 0 Å². The highest BCUT2D eigenvalue weighted by molar-refractivity contribution is 5.89. The van der Waals surface area contributed by atoms with Gasteiger partial charge in [-0.05, 0) is 17.5 Å². The Hall–Kier alpha value is -2.22. The van der Waals surface area contributed by atoms with Crippen LogP contribution in [0.25, 0.3) is 0 Å². The van der Waals surface area contributed by atoms with Crippen LogP contribution in [0.15, 0.2) is 36.4 Å². The van der Waals surface area contributed by atoms with Crippen LogP contribution < -0.4 is 5.84 Å². The zero-order valence-corrected chi connectivity index (χ0v) is 11.5. The summed E-state index contributed by atoms with van der Waals surface area (Å²) >= 11 is 0. The Labute approximate surface area is 121 Å². The average molecular weight is 294 g/mol. The van der Waals surface area contributed by atoms with Crippen molar-refractivity contribution in [3.63, 3.8) is 0 Å². The SMILES string of the molecule is CN(N)[C@@H]1Cc2ccccc2[C@H]1O.O=C(O)/C=C/C(=O)O. The molecule has 21 heavy (non-hydrogen) atoms. The van der Waals surface area contributed by atoms with Crippen molar-refractivity contribution in [3.8, 4) is 0 Å². The minimum absolute atomic E-state index is 0.0254. The third kappa shape index (κ3) is 4.99. The molecule has 0 radical (unpaired) electrons. The number of aliphatic carboxylic acids is 2. The maximum atomic E-state index is 9.89. The van der Waals surface area contributed by atoms with E-state index in [-0.39, 0.29) is 6.04 Å². The molecule has 0 saturated heterocycles. The Kier molecular flexibility index (Phi) is 6.04. The molecule has 7 nitrogen and oxygen atoms in total. The first kappa shape index (κ1) is 16.8. The van der Waals surface area contributed by atoms with Gasteiger partial charge in [0.05, 0.1) is 12.1 Å². The van der Waals surface area contributed by atoms with Crippen molar-refractivity contribution in [2.45, 2.75) is 18.6 Å². The van der Waals surface area contributed by atoms with E-state index in [2.05, 4.69) is 0 Å². The molecule has 1 aliphatic rings. The molecule has 5 N–H and O–H groups in total. The van der Waals surface area contributed by atoms with Crippen molar-refractivity contribution in [3.05, 3.63) is 47.5 Å². The fourth-order valence-corrected chi connectivity index (χ4v) is 2.06. The van der Waals surface area contributed by atoms with E-state index in [1.165, 1.54) is 5.56 Å². The summed E-state index contributed by atoms with van der Waals surface area (Å²) in [6.45, 7) is 0. The zero-order valence-electron chi connectivity index (χ0n) is 11.5. The topological polar surface area (TPSA) is 124 Å². The van der Waals surface area contributed by atoms with Gasteiger partial charge in [0.2, 0.25) is 0 Å². The number of carboxylic acid groups (broad SMARTS) is 2. The molecule has 0 heterocycles. The number of hydrogen-bond donors (Lipinski definition) is 4.